The first-order valence-electron chi connectivity index (χ1n) is 22.2. The second kappa shape index (κ2) is 24.7. The lowest BCUT2D eigenvalue weighted by molar-refractivity contribution is -0.404. The summed E-state index contributed by atoms with van der Waals surface area (Å²) in [5, 5.41) is 184. The molecule has 32 nitrogen and oxygen atoms in total. The SMILES string of the molecule is CC(=O)N[C@H]1[C@H](O[C@H]2[C@@H](O)[C@@H](CO)O[C@@H](O[C@H]3[C@H](ON)[C@@H](O)[C@@H](O)O[C@@H]3CO)[C@@H]2O)O[C@H](CO)[C@@H](O)[C@@H]1O[C@@H]1O[C@H](CO)[C@H](O)[C@H](O[C@H]2O[C@H](CO)[C@H](O)[C@H](O)[C@H]2O)[C@H]1O[C@@H]1O[C@@H](C)[C@@H](O)[C@@H](O)[C@@H]1O. The number of ether oxygens (including phenoxy) is 11. The third-order valence-corrected chi connectivity index (χ3v) is 12.9. The topological polar surface area (TPSA) is 510 Å². The van der Waals surface area contributed by atoms with Crippen molar-refractivity contribution in [3.8, 4) is 0 Å². The summed E-state index contributed by atoms with van der Waals surface area (Å²) < 4.78 is 63.7. The van der Waals surface area contributed by atoms with E-state index < -0.39 is 223 Å². The molecule has 0 aromatic carbocycles. The fourth-order valence-corrected chi connectivity index (χ4v) is 8.97. The van der Waals surface area contributed by atoms with Crippen LogP contribution in [-0.2, 0) is 61.7 Å². The van der Waals surface area contributed by atoms with Crippen LogP contribution in [0.4, 0.5) is 0 Å². The lowest BCUT2D eigenvalue weighted by Crippen LogP contribution is -2.71. The summed E-state index contributed by atoms with van der Waals surface area (Å²) in [6.07, 6.45) is -54.9. The minimum absolute atomic E-state index is 0.878. The van der Waals surface area contributed by atoms with Crippen molar-refractivity contribution >= 4 is 5.91 Å². The minimum atomic E-state index is -2.16. The Morgan fingerprint density at radius 3 is 1.37 bits per heavy atom. The first-order valence-corrected chi connectivity index (χ1v) is 22.2. The van der Waals surface area contributed by atoms with Crippen molar-refractivity contribution in [1.82, 2.24) is 5.32 Å². The summed E-state index contributed by atoms with van der Waals surface area (Å²) in [5.74, 6) is 4.46. The van der Waals surface area contributed by atoms with Gasteiger partial charge in [0.25, 0.3) is 0 Å². The Morgan fingerprint density at radius 1 is 0.414 bits per heavy atom. The number of nitrogens with two attached hydrogens (primary N) is 1. The van der Waals surface area contributed by atoms with Crippen LogP contribution < -0.4 is 11.2 Å². The van der Waals surface area contributed by atoms with E-state index in [4.69, 9.17) is 62.8 Å². The predicted octanol–water partition coefficient (Wildman–Crippen LogP) is -13.0. The van der Waals surface area contributed by atoms with Gasteiger partial charge in [0.15, 0.2) is 37.7 Å². The van der Waals surface area contributed by atoms with Gasteiger partial charge in [0.05, 0.1) is 39.1 Å². The molecule has 0 unspecified atom stereocenters. The van der Waals surface area contributed by atoms with Crippen molar-refractivity contribution in [3.63, 3.8) is 0 Å². The smallest absolute Gasteiger partial charge is 0.217 e. The molecule has 6 rings (SSSR count). The third-order valence-electron chi connectivity index (χ3n) is 12.9. The Morgan fingerprint density at radius 2 is 0.829 bits per heavy atom. The van der Waals surface area contributed by atoms with Crippen LogP contribution in [0.1, 0.15) is 13.8 Å². The number of carbonyl (C=O) groups excluding carboxylic acids is 1. The van der Waals surface area contributed by atoms with E-state index in [0.717, 1.165) is 6.92 Å². The maximum absolute atomic E-state index is 12.9. The van der Waals surface area contributed by atoms with E-state index in [1.54, 1.807) is 0 Å². The first-order chi connectivity index (χ1) is 33.2. The molecule has 0 aromatic heterocycles. The van der Waals surface area contributed by atoms with Gasteiger partial charge in [0.2, 0.25) is 5.91 Å². The second-order valence-corrected chi connectivity index (χ2v) is 17.6. The monoisotopic (exact) mass is 1030 g/mol. The van der Waals surface area contributed by atoms with Crippen molar-refractivity contribution in [3.05, 3.63) is 0 Å². The Hall–Kier alpha value is -1.73. The van der Waals surface area contributed by atoms with Crippen molar-refractivity contribution in [2.24, 2.45) is 5.90 Å². The number of aliphatic hydroxyl groups excluding tert-OH is 17. The van der Waals surface area contributed by atoms with Gasteiger partial charge in [-0.25, -0.2) is 5.90 Å². The van der Waals surface area contributed by atoms with Crippen LogP contribution in [0.15, 0.2) is 0 Å². The Balaban J connectivity index is 1.35. The normalized spacial score (nSPS) is 51.5. The van der Waals surface area contributed by atoms with Crippen LogP contribution in [0.5, 0.6) is 0 Å². The zero-order valence-corrected chi connectivity index (χ0v) is 37.3. The summed E-state index contributed by atoms with van der Waals surface area (Å²) in [4.78, 5) is 17.7. The summed E-state index contributed by atoms with van der Waals surface area (Å²) >= 11 is 0. The van der Waals surface area contributed by atoms with Crippen molar-refractivity contribution in [2.45, 2.75) is 198 Å². The van der Waals surface area contributed by atoms with E-state index in [1.165, 1.54) is 6.92 Å². The largest absolute Gasteiger partial charge is 0.394 e. The fourth-order valence-electron chi connectivity index (χ4n) is 8.97. The number of nitrogens with one attached hydrogen (secondary N) is 1. The van der Waals surface area contributed by atoms with Gasteiger partial charge in [-0.3, -0.25) is 9.63 Å². The molecule has 0 bridgehead atoms. The number of carbonyl (C=O) groups is 1. The van der Waals surface area contributed by atoms with Crippen LogP contribution in [0, 0.1) is 0 Å². The highest BCUT2D eigenvalue weighted by atomic mass is 16.8. The molecule has 1 amide bonds. The molecule has 30 atom stereocenters. The molecule has 0 saturated carbocycles. The van der Waals surface area contributed by atoms with Gasteiger partial charge >= 0.3 is 0 Å². The third kappa shape index (κ3) is 11.9. The number of amides is 1. The highest BCUT2D eigenvalue weighted by Crippen LogP contribution is 2.38. The molecular weight excluding hydrogens is 964 g/mol. The molecule has 32 heteroatoms. The molecule has 0 aliphatic carbocycles. The second-order valence-electron chi connectivity index (χ2n) is 17.6. The van der Waals surface area contributed by atoms with Crippen LogP contribution >= 0.6 is 0 Å². The maximum atomic E-state index is 12.9. The van der Waals surface area contributed by atoms with E-state index in [1.807, 2.05) is 0 Å². The van der Waals surface area contributed by atoms with E-state index in [-0.39, 0.29) is 0 Å². The molecule has 20 N–H and O–H groups in total. The van der Waals surface area contributed by atoms with Gasteiger partial charge in [-0.05, 0) is 6.92 Å². The lowest BCUT2D eigenvalue weighted by atomic mass is 9.94. The van der Waals surface area contributed by atoms with Crippen LogP contribution in [0.2, 0.25) is 0 Å². The number of aliphatic hydroxyl groups is 17. The summed E-state index contributed by atoms with van der Waals surface area (Å²) in [5.41, 5.74) is 0. The van der Waals surface area contributed by atoms with E-state index in [2.05, 4.69) is 5.32 Å². The molecule has 408 valence electrons. The average Bonchev–Trinajstić information content (AvgIpc) is 3.33. The molecule has 6 saturated heterocycles. The first kappa shape index (κ1) is 57.5. The Bertz CT molecular complexity index is 1630. The van der Waals surface area contributed by atoms with E-state index >= 15 is 0 Å². The molecule has 6 fully saturated rings. The Labute approximate surface area is 396 Å². The van der Waals surface area contributed by atoms with Gasteiger partial charge in [-0.1, -0.05) is 0 Å². The molecular formula is C38H66N2O30. The highest BCUT2D eigenvalue weighted by molar-refractivity contribution is 5.73. The van der Waals surface area contributed by atoms with Crippen LogP contribution in [-0.4, -0.2) is 310 Å². The standard InChI is InChI=1S/C38H66N2O30/c1-8-16(47)21(52)23(54)35(59-8)69-32-30(68-36-24(55)22(53)17(48)10(3-41)62-36)20(51)13(6-44)64-38(32)66-28-15(40-9(2)46)34(61-11(4-42)18(28)49)67-29-19(50)12(5-43)63-37(26(29)57)65-27-14(7-45)60-33(58)25(56)31(27)70-39/h8,10-38,41-45,47-58H,3-7,39H2,1-2H3,(H,40,46)/t8-,10+,11+,12+,13+,14+,15+,16+,17-,18+,19-,20-,21+,22-,23-,24+,25+,26+,27+,28+,29-,30-,31+,32+,33-,34-,35-,36+,37-,38-/m0/s1. The van der Waals surface area contributed by atoms with E-state index in [0.29, 0.717) is 0 Å². The van der Waals surface area contributed by atoms with Crippen molar-refractivity contribution in [1.29, 1.82) is 0 Å². The van der Waals surface area contributed by atoms with Crippen molar-refractivity contribution in [2.75, 3.05) is 33.0 Å². The van der Waals surface area contributed by atoms with Crippen LogP contribution in [0.25, 0.3) is 0 Å². The van der Waals surface area contributed by atoms with Gasteiger partial charge in [-0.15, -0.1) is 0 Å². The summed E-state index contributed by atoms with van der Waals surface area (Å²) in [6, 6.07) is -1.84. The molecule has 70 heavy (non-hydrogen) atoms. The molecule has 6 heterocycles. The molecule has 0 aromatic rings. The maximum Gasteiger partial charge on any atom is 0.217 e. The lowest BCUT2D eigenvalue weighted by Gasteiger charge is -2.51. The molecule has 0 spiro atoms. The van der Waals surface area contributed by atoms with Gasteiger partial charge in [-0.2, -0.15) is 0 Å². The highest BCUT2D eigenvalue weighted by Gasteiger charge is 2.59. The van der Waals surface area contributed by atoms with Gasteiger partial charge in [0.1, 0.15) is 140 Å². The zero-order chi connectivity index (χ0) is 51.6. The number of rotatable bonds is 17. The predicted molar refractivity (Wildman–Crippen MR) is 212 cm³/mol. The number of hydrogen-bond donors (Lipinski definition) is 19. The Kier molecular flexibility index (Phi) is 20.3. The quantitative estimate of drug-likeness (QED) is 0.0602. The van der Waals surface area contributed by atoms with Crippen LogP contribution in [0.3, 0.4) is 0 Å². The summed E-state index contributed by atoms with van der Waals surface area (Å²) in [7, 11) is 0. The molecule has 6 aliphatic heterocycles. The van der Waals surface area contributed by atoms with E-state index in [9.17, 15) is 91.6 Å². The van der Waals surface area contributed by atoms with Gasteiger partial charge in [0, 0.05) is 6.92 Å². The summed E-state index contributed by atoms with van der Waals surface area (Å²) in [6.45, 7) is -2.63. The minimum Gasteiger partial charge on any atom is -0.394 e. The van der Waals surface area contributed by atoms with Crippen molar-refractivity contribution < 1.29 is 149 Å². The molecule has 6 aliphatic rings. The zero-order valence-electron chi connectivity index (χ0n) is 37.3. The van der Waals surface area contributed by atoms with Gasteiger partial charge < -0.3 is 144 Å². The average molecular weight is 1030 g/mol. The molecule has 0 radical (unpaired) electrons. The fraction of sp³-hybridized carbons (Fsp3) is 0.974. The number of hydrogen-bond acceptors (Lipinski definition) is 31.